The predicted molar refractivity (Wildman–Crippen MR) is 88.6 cm³/mol. The molecule has 0 bridgehead atoms. The van der Waals surface area contributed by atoms with Crippen LogP contribution >= 0.6 is 0 Å². The molecule has 1 aromatic carbocycles. The summed E-state index contributed by atoms with van der Waals surface area (Å²) in [6, 6.07) is 5.26. The Bertz CT molecular complexity index is 703. The van der Waals surface area contributed by atoms with Crippen LogP contribution in [0.4, 0.5) is 0 Å². The summed E-state index contributed by atoms with van der Waals surface area (Å²) in [5.41, 5.74) is 2.07. The maximum Gasteiger partial charge on any atom is 0.243 e. The molecule has 5 nitrogen and oxygen atoms in total. The van der Waals surface area contributed by atoms with Gasteiger partial charge in [0.05, 0.1) is 4.90 Å². The largest absolute Gasteiger partial charge is 0.342 e. The van der Waals surface area contributed by atoms with E-state index in [2.05, 4.69) is 0 Å². The molecule has 0 radical (unpaired) electrons. The SMILES string of the molecule is Cc1ccc(S(=O)(=O)N2CCC(C(=O)N3CCC3)CC2)cc1C. The fraction of sp³-hybridized carbons (Fsp3) is 0.588. The number of nitrogens with zero attached hydrogens (tertiary/aromatic N) is 2. The molecule has 2 aliphatic rings. The maximum atomic E-state index is 12.8. The van der Waals surface area contributed by atoms with Crippen molar-refractivity contribution >= 4 is 15.9 Å². The van der Waals surface area contributed by atoms with E-state index in [1.807, 2.05) is 24.8 Å². The van der Waals surface area contributed by atoms with E-state index >= 15 is 0 Å². The number of hydrogen-bond donors (Lipinski definition) is 0. The van der Waals surface area contributed by atoms with Crippen molar-refractivity contribution in [3.05, 3.63) is 29.3 Å². The van der Waals surface area contributed by atoms with Gasteiger partial charge in [-0.3, -0.25) is 4.79 Å². The smallest absolute Gasteiger partial charge is 0.243 e. The number of sulfonamides is 1. The zero-order chi connectivity index (χ0) is 16.6. The molecular formula is C17H24N2O3S. The molecule has 1 aromatic rings. The minimum absolute atomic E-state index is 0.0125. The topological polar surface area (TPSA) is 57.7 Å². The first-order valence-corrected chi connectivity index (χ1v) is 9.70. The molecule has 126 valence electrons. The highest BCUT2D eigenvalue weighted by molar-refractivity contribution is 7.89. The summed E-state index contributed by atoms with van der Waals surface area (Å²) < 4.78 is 27.0. The van der Waals surface area contributed by atoms with Crippen molar-refractivity contribution in [3.8, 4) is 0 Å². The van der Waals surface area contributed by atoms with Crippen LogP contribution in [0.2, 0.25) is 0 Å². The molecule has 0 N–H and O–H groups in total. The van der Waals surface area contributed by atoms with Crippen molar-refractivity contribution in [2.24, 2.45) is 5.92 Å². The number of carbonyl (C=O) groups excluding carboxylic acids is 1. The standard InChI is InChI=1S/C17H24N2O3S/c1-13-4-5-16(12-14(13)2)23(21,22)19-10-6-15(7-11-19)17(20)18-8-3-9-18/h4-5,12,15H,3,6-11H2,1-2H3. The second kappa shape index (κ2) is 6.24. The van der Waals surface area contributed by atoms with E-state index in [0.29, 0.717) is 30.8 Å². The van der Waals surface area contributed by atoms with Crippen molar-refractivity contribution in [1.29, 1.82) is 0 Å². The van der Waals surface area contributed by atoms with Gasteiger partial charge in [0.1, 0.15) is 0 Å². The Labute approximate surface area is 138 Å². The lowest BCUT2D eigenvalue weighted by Gasteiger charge is -2.37. The normalized spacial score (nSPS) is 20.3. The van der Waals surface area contributed by atoms with Crippen molar-refractivity contribution in [3.63, 3.8) is 0 Å². The van der Waals surface area contributed by atoms with Crippen molar-refractivity contribution < 1.29 is 13.2 Å². The molecule has 23 heavy (non-hydrogen) atoms. The molecule has 0 aliphatic carbocycles. The van der Waals surface area contributed by atoms with Gasteiger partial charge in [-0.25, -0.2) is 8.42 Å². The molecule has 0 aromatic heterocycles. The van der Waals surface area contributed by atoms with E-state index in [1.165, 1.54) is 4.31 Å². The molecule has 2 aliphatic heterocycles. The minimum Gasteiger partial charge on any atom is -0.342 e. The highest BCUT2D eigenvalue weighted by Gasteiger charge is 2.35. The third-order valence-corrected chi connectivity index (χ3v) is 6.98. The molecule has 2 heterocycles. The molecule has 3 rings (SSSR count). The summed E-state index contributed by atoms with van der Waals surface area (Å²) in [4.78, 5) is 14.5. The van der Waals surface area contributed by atoms with Gasteiger partial charge in [-0.1, -0.05) is 6.07 Å². The monoisotopic (exact) mass is 336 g/mol. The quantitative estimate of drug-likeness (QED) is 0.847. The van der Waals surface area contributed by atoms with Crippen molar-refractivity contribution in [1.82, 2.24) is 9.21 Å². The van der Waals surface area contributed by atoms with E-state index in [4.69, 9.17) is 0 Å². The first-order valence-electron chi connectivity index (χ1n) is 8.26. The van der Waals surface area contributed by atoms with Crippen molar-refractivity contribution in [2.45, 2.75) is 38.0 Å². The predicted octanol–water partition coefficient (Wildman–Crippen LogP) is 1.94. The Balaban J connectivity index is 1.68. The zero-order valence-electron chi connectivity index (χ0n) is 13.8. The van der Waals surface area contributed by atoms with Gasteiger partial charge in [-0.15, -0.1) is 0 Å². The average molecular weight is 336 g/mol. The number of likely N-dealkylation sites (tertiary alicyclic amines) is 1. The third-order valence-electron chi connectivity index (χ3n) is 5.09. The first kappa shape index (κ1) is 16.5. The van der Waals surface area contributed by atoms with E-state index in [1.54, 1.807) is 12.1 Å². The number of amides is 1. The molecule has 0 spiro atoms. The Morgan fingerprint density at radius 2 is 1.70 bits per heavy atom. The number of hydrogen-bond acceptors (Lipinski definition) is 3. The lowest BCUT2D eigenvalue weighted by Crippen LogP contribution is -2.48. The van der Waals surface area contributed by atoms with Crippen LogP contribution in [0, 0.1) is 19.8 Å². The molecule has 0 unspecified atom stereocenters. The van der Waals surface area contributed by atoms with Gasteiger partial charge in [0.15, 0.2) is 0 Å². The summed E-state index contributed by atoms with van der Waals surface area (Å²) >= 11 is 0. The molecule has 2 fully saturated rings. The second-order valence-corrected chi connectivity index (χ2v) is 8.54. The molecule has 1 amide bonds. The van der Waals surface area contributed by atoms with Gasteiger partial charge in [0, 0.05) is 32.1 Å². The van der Waals surface area contributed by atoms with Gasteiger partial charge in [0.25, 0.3) is 0 Å². The minimum atomic E-state index is -3.45. The highest BCUT2D eigenvalue weighted by Crippen LogP contribution is 2.27. The van der Waals surface area contributed by atoms with E-state index in [-0.39, 0.29) is 11.8 Å². The van der Waals surface area contributed by atoms with Gasteiger partial charge >= 0.3 is 0 Å². The summed E-state index contributed by atoms with van der Waals surface area (Å²) in [6.45, 7) is 6.48. The fourth-order valence-electron chi connectivity index (χ4n) is 3.16. The lowest BCUT2D eigenvalue weighted by molar-refractivity contribution is -0.140. The number of rotatable bonds is 3. The van der Waals surface area contributed by atoms with Crippen LogP contribution in [0.5, 0.6) is 0 Å². The zero-order valence-corrected chi connectivity index (χ0v) is 14.6. The van der Waals surface area contributed by atoms with E-state index < -0.39 is 10.0 Å². The molecule has 0 saturated carbocycles. The fourth-order valence-corrected chi connectivity index (χ4v) is 4.72. The second-order valence-electron chi connectivity index (χ2n) is 6.60. The summed E-state index contributed by atoms with van der Waals surface area (Å²) in [5.74, 6) is 0.195. The average Bonchev–Trinajstić information content (AvgIpc) is 2.48. The highest BCUT2D eigenvalue weighted by atomic mass is 32.2. The molecule has 2 saturated heterocycles. The van der Waals surface area contributed by atoms with Crippen LogP contribution in [0.1, 0.15) is 30.4 Å². The van der Waals surface area contributed by atoms with Crippen LogP contribution in [0.25, 0.3) is 0 Å². The molecule has 0 atom stereocenters. The number of piperidine rings is 1. The number of aryl methyl sites for hydroxylation is 2. The van der Waals surface area contributed by atoms with Crippen LogP contribution in [-0.4, -0.2) is 49.7 Å². The van der Waals surface area contributed by atoms with Crippen LogP contribution in [0.3, 0.4) is 0 Å². The Hall–Kier alpha value is -1.40. The van der Waals surface area contributed by atoms with E-state index in [0.717, 1.165) is 30.6 Å². The summed E-state index contributed by atoms with van der Waals surface area (Å²) in [6.07, 6.45) is 2.34. The van der Waals surface area contributed by atoms with Crippen LogP contribution in [-0.2, 0) is 14.8 Å². The Kier molecular flexibility index (Phi) is 4.47. The summed E-state index contributed by atoms with van der Waals surface area (Å²) in [5, 5.41) is 0. The molecular weight excluding hydrogens is 312 g/mol. The number of carbonyl (C=O) groups is 1. The third kappa shape index (κ3) is 3.15. The van der Waals surface area contributed by atoms with Gasteiger partial charge < -0.3 is 4.90 Å². The van der Waals surface area contributed by atoms with Crippen LogP contribution in [0.15, 0.2) is 23.1 Å². The lowest BCUT2D eigenvalue weighted by atomic mass is 9.95. The Morgan fingerprint density at radius 3 is 2.22 bits per heavy atom. The van der Waals surface area contributed by atoms with Crippen LogP contribution < -0.4 is 0 Å². The van der Waals surface area contributed by atoms with Gasteiger partial charge in [0.2, 0.25) is 15.9 Å². The maximum absolute atomic E-state index is 12.8. The summed E-state index contributed by atoms with van der Waals surface area (Å²) in [7, 11) is -3.45. The first-order chi connectivity index (χ1) is 10.9. The molecule has 6 heteroatoms. The Morgan fingerprint density at radius 1 is 1.04 bits per heavy atom. The van der Waals surface area contributed by atoms with Crippen molar-refractivity contribution in [2.75, 3.05) is 26.2 Å². The number of benzene rings is 1. The van der Waals surface area contributed by atoms with Gasteiger partial charge in [-0.05, 0) is 56.4 Å². The van der Waals surface area contributed by atoms with Gasteiger partial charge in [-0.2, -0.15) is 4.31 Å². The van der Waals surface area contributed by atoms with E-state index in [9.17, 15) is 13.2 Å².